The molecule has 0 aliphatic rings. The Bertz CT molecular complexity index is 847. The van der Waals surface area contributed by atoms with Crippen molar-refractivity contribution < 1.29 is 4.39 Å². The molecule has 1 aromatic heterocycles. The normalized spacial score (nSPS) is 11.2. The fourth-order valence-electron chi connectivity index (χ4n) is 2.53. The zero-order chi connectivity index (χ0) is 17.1. The fraction of sp³-hybridized carbons (Fsp3) is 0.211. The van der Waals surface area contributed by atoms with E-state index in [9.17, 15) is 4.39 Å². The second kappa shape index (κ2) is 7.16. The molecule has 3 rings (SSSR count). The Morgan fingerprint density at radius 1 is 1.08 bits per heavy atom. The first-order valence-electron chi connectivity index (χ1n) is 7.78. The van der Waals surface area contributed by atoms with E-state index in [0.29, 0.717) is 5.02 Å². The van der Waals surface area contributed by atoms with Crippen molar-refractivity contribution in [2.45, 2.75) is 0 Å². The van der Waals surface area contributed by atoms with E-state index in [4.69, 9.17) is 11.6 Å². The van der Waals surface area contributed by atoms with E-state index in [1.54, 1.807) is 12.1 Å². The molecular weight excluding hydrogens is 325 g/mol. The first-order valence-corrected chi connectivity index (χ1v) is 8.15. The number of rotatable bonds is 5. The summed E-state index contributed by atoms with van der Waals surface area (Å²) in [4.78, 5) is 6.80. The van der Waals surface area contributed by atoms with Crippen LogP contribution in [0.4, 0.5) is 10.1 Å². The van der Waals surface area contributed by atoms with Crippen LogP contribution in [0, 0.1) is 5.82 Å². The number of halogens is 2. The lowest BCUT2D eigenvalue weighted by Gasteiger charge is -2.15. The van der Waals surface area contributed by atoms with E-state index in [1.807, 2.05) is 38.4 Å². The molecule has 2 aromatic carbocycles. The van der Waals surface area contributed by atoms with Crippen LogP contribution in [0.2, 0.25) is 5.02 Å². The van der Waals surface area contributed by atoms with Gasteiger partial charge < -0.3 is 10.2 Å². The average Bonchev–Trinajstić information content (AvgIpc) is 2.55. The number of anilines is 1. The summed E-state index contributed by atoms with van der Waals surface area (Å²) in [5, 5.41) is 5.11. The highest BCUT2D eigenvalue weighted by molar-refractivity contribution is 6.31. The summed E-state index contributed by atoms with van der Waals surface area (Å²) in [7, 11) is 4.07. The van der Waals surface area contributed by atoms with E-state index in [0.717, 1.165) is 40.9 Å². The molecule has 0 amide bonds. The van der Waals surface area contributed by atoms with Gasteiger partial charge in [-0.15, -0.1) is 0 Å². The Hall–Kier alpha value is -2.17. The van der Waals surface area contributed by atoms with Crippen molar-refractivity contribution in [1.82, 2.24) is 9.88 Å². The summed E-state index contributed by atoms with van der Waals surface area (Å²) < 4.78 is 13.2. The zero-order valence-electron chi connectivity index (χ0n) is 13.7. The topological polar surface area (TPSA) is 28.2 Å². The van der Waals surface area contributed by atoms with Gasteiger partial charge in [-0.1, -0.05) is 11.6 Å². The minimum Gasteiger partial charge on any atom is -0.383 e. The minimum atomic E-state index is -0.254. The van der Waals surface area contributed by atoms with Gasteiger partial charge in [-0.2, -0.15) is 0 Å². The number of hydrogen-bond donors (Lipinski definition) is 1. The number of nitrogens with one attached hydrogen (secondary N) is 1. The molecule has 0 saturated carbocycles. The smallest absolute Gasteiger partial charge is 0.123 e. The predicted octanol–water partition coefficient (Wildman–Crippen LogP) is 4.67. The third-order valence-corrected chi connectivity index (χ3v) is 4.02. The molecule has 0 aliphatic carbocycles. The number of hydrogen-bond acceptors (Lipinski definition) is 3. The van der Waals surface area contributed by atoms with E-state index < -0.39 is 0 Å². The Labute approximate surface area is 146 Å². The third-order valence-electron chi connectivity index (χ3n) is 3.79. The number of nitrogens with zero attached hydrogens (tertiary/aromatic N) is 2. The predicted molar refractivity (Wildman–Crippen MR) is 99.2 cm³/mol. The zero-order valence-corrected chi connectivity index (χ0v) is 14.4. The summed E-state index contributed by atoms with van der Waals surface area (Å²) in [5.41, 5.74) is 3.51. The van der Waals surface area contributed by atoms with Crippen LogP contribution >= 0.6 is 11.6 Å². The maximum atomic E-state index is 13.2. The molecule has 0 bridgehead atoms. The van der Waals surface area contributed by atoms with Gasteiger partial charge in [0.2, 0.25) is 0 Å². The molecule has 0 atom stereocenters. The standard InChI is InChI=1S/C19H19ClFN3/c1-24(2)10-9-22-19-12-18(13-3-6-15(21)7-4-13)23-17-8-5-14(20)11-16(17)19/h3-8,11-12H,9-10H2,1-2H3,(H,22,23). The number of likely N-dealkylation sites (N-methyl/N-ethyl adjacent to an activating group) is 1. The number of pyridine rings is 1. The molecule has 0 fully saturated rings. The highest BCUT2D eigenvalue weighted by Gasteiger charge is 2.09. The largest absolute Gasteiger partial charge is 0.383 e. The summed E-state index contributed by atoms with van der Waals surface area (Å²) in [6.45, 7) is 1.72. The Morgan fingerprint density at radius 3 is 2.54 bits per heavy atom. The number of benzene rings is 2. The SMILES string of the molecule is CN(C)CCNc1cc(-c2ccc(F)cc2)nc2ccc(Cl)cc12. The quantitative estimate of drug-likeness (QED) is 0.729. The van der Waals surface area contributed by atoms with Crippen LogP contribution < -0.4 is 5.32 Å². The van der Waals surface area contributed by atoms with Crippen molar-refractivity contribution in [2.24, 2.45) is 0 Å². The summed E-state index contributed by atoms with van der Waals surface area (Å²) >= 11 is 6.14. The Morgan fingerprint density at radius 2 is 1.83 bits per heavy atom. The van der Waals surface area contributed by atoms with Gasteiger partial charge in [-0.25, -0.2) is 9.37 Å². The fourth-order valence-corrected chi connectivity index (χ4v) is 2.70. The average molecular weight is 344 g/mol. The van der Waals surface area contributed by atoms with E-state index in [-0.39, 0.29) is 5.82 Å². The maximum Gasteiger partial charge on any atom is 0.123 e. The highest BCUT2D eigenvalue weighted by atomic mass is 35.5. The van der Waals surface area contributed by atoms with E-state index in [2.05, 4.69) is 15.2 Å². The number of aromatic nitrogens is 1. The molecule has 5 heteroatoms. The summed E-state index contributed by atoms with van der Waals surface area (Å²) in [6.07, 6.45) is 0. The van der Waals surface area contributed by atoms with Gasteiger partial charge in [-0.3, -0.25) is 0 Å². The molecule has 0 spiro atoms. The van der Waals surface area contributed by atoms with Crippen LogP contribution in [0.25, 0.3) is 22.2 Å². The third kappa shape index (κ3) is 3.83. The molecule has 0 aliphatic heterocycles. The van der Waals surface area contributed by atoms with Crippen LogP contribution in [-0.4, -0.2) is 37.1 Å². The van der Waals surface area contributed by atoms with Crippen molar-refractivity contribution in [2.75, 3.05) is 32.5 Å². The van der Waals surface area contributed by atoms with E-state index in [1.165, 1.54) is 12.1 Å². The Kier molecular flexibility index (Phi) is 4.97. The molecule has 24 heavy (non-hydrogen) atoms. The van der Waals surface area contributed by atoms with Crippen LogP contribution in [-0.2, 0) is 0 Å². The summed E-state index contributed by atoms with van der Waals surface area (Å²) in [6, 6.07) is 14.0. The van der Waals surface area contributed by atoms with Gasteiger partial charge in [0.1, 0.15) is 5.82 Å². The van der Waals surface area contributed by atoms with Crippen LogP contribution in [0.1, 0.15) is 0 Å². The monoisotopic (exact) mass is 343 g/mol. The minimum absolute atomic E-state index is 0.254. The van der Waals surface area contributed by atoms with Crippen molar-refractivity contribution in [3.05, 3.63) is 59.4 Å². The second-order valence-electron chi connectivity index (χ2n) is 5.95. The van der Waals surface area contributed by atoms with Gasteiger partial charge in [0.15, 0.2) is 0 Å². The molecule has 0 unspecified atom stereocenters. The van der Waals surface area contributed by atoms with Crippen LogP contribution in [0.3, 0.4) is 0 Å². The lowest BCUT2D eigenvalue weighted by atomic mass is 10.1. The van der Waals surface area contributed by atoms with Gasteiger partial charge in [0.05, 0.1) is 11.2 Å². The first-order chi connectivity index (χ1) is 11.5. The molecule has 1 heterocycles. The van der Waals surface area contributed by atoms with Crippen molar-refractivity contribution in [1.29, 1.82) is 0 Å². The molecule has 3 aromatic rings. The Balaban J connectivity index is 2.04. The lowest BCUT2D eigenvalue weighted by molar-refractivity contribution is 0.425. The number of fused-ring (bicyclic) bond motifs is 1. The van der Waals surface area contributed by atoms with Crippen molar-refractivity contribution in [3.63, 3.8) is 0 Å². The molecule has 1 N–H and O–H groups in total. The van der Waals surface area contributed by atoms with Crippen LogP contribution in [0.15, 0.2) is 48.5 Å². The van der Waals surface area contributed by atoms with E-state index >= 15 is 0 Å². The molecule has 0 saturated heterocycles. The highest BCUT2D eigenvalue weighted by Crippen LogP contribution is 2.30. The van der Waals surface area contributed by atoms with Gasteiger partial charge in [0.25, 0.3) is 0 Å². The molecule has 0 radical (unpaired) electrons. The van der Waals surface area contributed by atoms with Gasteiger partial charge in [0, 0.05) is 34.7 Å². The van der Waals surface area contributed by atoms with Crippen molar-refractivity contribution >= 4 is 28.2 Å². The molecule has 3 nitrogen and oxygen atoms in total. The molecule has 124 valence electrons. The summed E-state index contributed by atoms with van der Waals surface area (Å²) in [5.74, 6) is -0.254. The van der Waals surface area contributed by atoms with Gasteiger partial charge in [-0.05, 0) is 62.6 Å². The maximum absolute atomic E-state index is 13.2. The van der Waals surface area contributed by atoms with Crippen LogP contribution in [0.5, 0.6) is 0 Å². The van der Waals surface area contributed by atoms with Gasteiger partial charge >= 0.3 is 0 Å². The second-order valence-corrected chi connectivity index (χ2v) is 6.39. The lowest BCUT2D eigenvalue weighted by Crippen LogP contribution is -2.20. The first kappa shape index (κ1) is 16.7. The van der Waals surface area contributed by atoms with Crippen molar-refractivity contribution in [3.8, 4) is 11.3 Å². The molecular formula is C19H19ClFN3.